The van der Waals surface area contributed by atoms with Crippen LogP contribution in [-0.2, 0) is 14.8 Å². The molecule has 0 spiro atoms. The van der Waals surface area contributed by atoms with E-state index < -0.39 is 14.9 Å². The van der Waals surface area contributed by atoms with Gasteiger partial charge in [-0.1, -0.05) is 33.6 Å². The zero-order valence-corrected chi connectivity index (χ0v) is 13.2. The standard InChI is InChI=1S/C13H16BrNO3S/c1-9-3-5-11(6-4-9)19(17,18)15-8-7-12(16)13(14)10(15)2/h3-6,10,13H,7-8H2,1-2H3. The molecule has 1 saturated heterocycles. The molecule has 1 aliphatic rings. The molecule has 4 nitrogen and oxygen atoms in total. The van der Waals surface area contributed by atoms with Crippen LogP contribution in [0.1, 0.15) is 18.9 Å². The zero-order valence-electron chi connectivity index (χ0n) is 10.8. The maximum Gasteiger partial charge on any atom is 0.243 e. The fourth-order valence-electron chi connectivity index (χ4n) is 2.16. The minimum absolute atomic E-state index is 0.0582. The van der Waals surface area contributed by atoms with Gasteiger partial charge >= 0.3 is 0 Å². The van der Waals surface area contributed by atoms with Crippen LogP contribution in [0.3, 0.4) is 0 Å². The third-order valence-electron chi connectivity index (χ3n) is 3.39. The van der Waals surface area contributed by atoms with E-state index in [4.69, 9.17) is 0 Å². The summed E-state index contributed by atoms with van der Waals surface area (Å²) in [5.74, 6) is 0.0582. The summed E-state index contributed by atoms with van der Waals surface area (Å²) in [6.45, 7) is 3.91. The van der Waals surface area contributed by atoms with Crippen LogP contribution >= 0.6 is 15.9 Å². The highest BCUT2D eigenvalue weighted by Gasteiger charge is 2.39. The van der Waals surface area contributed by atoms with Crippen molar-refractivity contribution in [3.8, 4) is 0 Å². The second-order valence-electron chi connectivity index (χ2n) is 4.79. The molecule has 19 heavy (non-hydrogen) atoms. The summed E-state index contributed by atoms with van der Waals surface area (Å²) < 4.78 is 26.5. The average Bonchev–Trinajstić information content (AvgIpc) is 2.36. The van der Waals surface area contributed by atoms with E-state index in [-0.39, 0.29) is 29.7 Å². The van der Waals surface area contributed by atoms with E-state index in [1.54, 1.807) is 31.2 Å². The fourth-order valence-corrected chi connectivity index (χ4v) is 4.47. The Balaban J connectivity index is 2.34. The van der Waals surface area contributed by atoms with Gasteiger partial charge in [0.2, 0.25) is 10.0 Å². The van der Waals surface area contributed by atoms with E-state index in [0.717, 1.165) is 5.56 Å². The van der Waals surface area contributed by atoms with Gasteiger partial charge < -0.3 is 0 Å². The number of ketones is 1. The predicted octanol–water partition coefficient (Wildman–Crippen LogP) is 2.11. The summed E-state index contributed by atoms with van der Waals surface area (Å²) >= 11 is 3.28. The third kappa shape index (κ3) is 2.75. The quantitative estimate of drug-likeness (QED) is 0.771. The lowest BCUT2D eigenvalue weighted by atomic mass is 10.1. The van der Waals surface area contributed by atoms with Gasteiger partial charge in [0.15, 0.2) is 0 Å². The van der Waals surface area contributed by atoms with Crippen molar-refractivity contribution in [1.29, 1.82) is 0 Å². The Morgan fingerprint density at radius 3 is 2.42 bits per heavy atom. The number of halogens is 1. The molecule has 2 unspecified atom stereocenters. The number of benzene rings is 1. The number of Topliss-reactive ketones (excluding diaryl/α,β-unsaturated/α-hetero) is 1. The minimum Gasteiger partial charge on any atom is -0.298 e. The number of aryl methyl sites for hydroxylation is 1. The molecule has 104 valence electrons. The number of sulfonamides is 1. The van der Waals surface area contributed by atoms with Crippen LogP contribution < -0.4 is 0 Å². The maximum atomic E-state index is 12.6. The van der Waals surface area contributed by atoms with Gasteiger partial charge in [0.25, 0.3) is 0 Å². The largest absolute Gasteiger partial charge is 0.298 e. The summed E-state index contributed by atoms with van der Waals surface area (Å²) in [4.78, 5) is 11.4. The molecule has 1 aromatic rings. The number of hydrogen-bond donors (Lipinski definition) is 0. The first-order valence-electron chi connectivity index (χ1n) is 6.09. The summed E-state index contributed by atoms with van der Waals surface area (Å²) in [5.41, 5.74) is 1.01. The molecule has 1 fully saturated rings. The number of hydrogen-bond acceptors (Lipinski definition) is 3. The maximum absolute atomic E-state index is 12.6. The van der Waals surface area contributed by atoms with Gasteiger partial charge in [-0.2, -0.15) is 4.31 Å². The van der Waals surface area contributed by atoms with Crippen LogP contribution in [0, 0.1) is 6.92 Å². The fraction of sp³-hybridized carbons (Fsp3) is 0.462. The van der Waals surface area contributed by atoms with Crippen molar-refractivity contribution in [2.75, 3.05) is 6.54 Å². The van der Waals surface area contributed by atoms with Crippen molar-refractivity contribution in [3.05, 3.63) is 29.8 Å². The van der Waals surface area contributed by atoms with Gasteiger partial charge in [-0.05, 0) is 26.0 Å². The van der Waals surface area contributed by atoms with E-state index in [0.29, 0.717) is 0 Å². The lowest BCUT2D eigenvalue weighted by molar-refractivity contribution is -0.120. The molecule has 0 saturated carbocycles. The first-order valence-corrected chi connectivity index (χ1v) is 8.45. The number of nitrogens with zero attached hydrogens (tertiary/aromatic N) is 1. The van der Waals surface area contributed by atoms with Crippen molar-refractivity contribution in [3.63, 3.8) is 0 Å². The van der Waals surface area contributed by atoms with Crippen LogP contribution in [-0.4, -0.2) is 35.9 Å². The summed E-state index contributed by atoms with van der Waals surface area (Å²) in [5, 5.41) is 0. The van der Waals surface area contributed by atoms with E-state index in [9.17, 15) is 13.2 Å². The number of rotatable bonds is 2. The van der Waals surface area contributed by atoms with Gasteiger partial charge in [-0.25, -0.2) is 8.42 Å². The van der Waals surface area contributed by atoms with Crippen LogP contribution in [0.15, 0.2) is 29.2 Å². The highest BCUT2D eigenvalue weighted by molar-refractivity contribution is 9.10. The third-order valence-corrected chi connectivity index (χ3v) is 6.67. The van der Waals surface area contributed by atoms with E-state index in [1.807, 2.05) is 6.92 Å². The Labute approximate surface area is 122 Å². The monoisotopic (exact) mass is 345 g/mol. The Bertz CT molecular complexity index is 582. The van der Waals surface area contributed by atoms with Crippen LogP contribution in [0.2, 0.25) is 0 Å². The first-order chi connectivity index (χ1) is 8.84. The molecule has 6 heteroatoms. The first kappa shape index (κ1) is 14.7. The molecular formula is C13H16BrNO3S. The Kier molecular flexibility index (Phi) is 4.13. The number of carbonyl (C=O) groups is 1. The number of piperidine rings is 1. The molecule has 0 radical (unpaired) electrons. The van der Waals surface area contributed by atoms with Gasteiger partial charge in [0.1, 0.15) is 5.78 Å². The molecule has 1 heterocycles. The molecule has 1 aliphatic heterocycles. The molecule has 0 bridgehead atoms. The van der Waals surface area contributed by atoms with Crippen molar-refractivity contribution < 1.29 is 13.2 Å². The normalized spacial score (nSPS) is 25.5. The molecule has 0 N–H and O–H groups in total. The van der Waals surface area contributed by atoms with Crippen molar-refractivity contribution in [2.24, 2.45) is 0 Å². The molecule has 2 rings (SSSR count). The lowest BCUT2D eigenvalue weighted by Gasteiger charge is -2.34. The SMILES string of the molecule is Cc1ccc(S(=O)(=O)N2CCC(=O)C(Br)C2C)cc1. The highest BCUT2D eigenvalue weighted by atomic mass is 79.9. The summed E-state index contributed by atoms with van der Waals surface area (Å²) in [6, 6.07) is 6.40. The van der Waals surface area contributed by atoms with Gasteiger partial charge in [0.05, 0.1) is 9.72 Å². The molecule has 0 amide bonds. The van der Waals surface area contributed by atoms with Gasteiger partial charge in [0, 0.05) is 19.0 Å². The van der Waals surface area contributed by atoms with Crippen molar-refractivity contribution in [2.45, 2.75) is 36.0 Å². The average molecular weight is 346 g/mol. The predicted molar refractivity (Wildman–Crippen MR) is 76.9 cm³/mol. The molecule has 2 atom stereocenters. The lowest BCUT2D eigenvalue weighted by Crippen LogP contribution is -2.51. The Hall–Kier alpha value is -0.720. The molecule has 0 aromatic heterocycles. The van der Waals surface area contributed by atoms with Crippen LogP contribution in [0.4, 0.5) is 0 Å². The van der Waals surface area contributed by atoms with Gasteiger partial charge in [-0.3, -0.25) is 4.79 Å². The zero-order chi connectivity index (χ0) is 14.2. The second-order valence-corrected chi connectivity index (χ2v) is 7.66. The smallest absolute Gasteiger partial charge is 0.243 e. The Morgan fingerprint density at radius 2 is 1.84 bits per heavy atom. The highest BCUT2D eigenvalue weighted by Crippen LogP contribution is 2.27. The topological polar surface area (TPSA) is 54.5 Å². The van der Waals surface area contributed by atoms with Crippen molar-refractivity contribution in [1.82, 2.24) is 4.31 Å². The van der Waals surface area contributed by atoms with Crippen LogP contribution in [0.5, 0.6) is 0 Å². The molecule has 1 aromatic carbocycles. The minimum atomic E-state index is -3.53. The van der Waals surface area contributed by atoms with E-state index >= 15 is 0 Å². The van der Waals surface area contributed by atoms with Crippen molar-refractivity contribution >= 4 is 31.7 Å². The Morgan fingerprint density at radius 1 is 1.26 bits per heavy atom. The number of carbonyl (C=O) groups excluding carboxylic acids is 1. The molecular weight excluding hydrogens is 330 g/mol. The second kappa shape index (κ2) is 5.34. The molecule has 0 aliphatic carbocycles. The van der Waals surface area contributed by atoms with Crippen LogP contribution in [0.25, 0.3) is 0 Å². The summed E-state index contributed by atoms with van der Waals surface area (Å²) in [7, 11) is -3.53. The summed E-state index contributed by atoms with van der Waals surface area (Å²) in [6.07, 6.45) is 0.255. The van der Waals surface area contributed by atoms with E-state index in [1.165, 1.54) is 4.31 Å². The van der Waals surface area contributed by atoms with Gasteiger partial charge in [-0.15, -0.1) is 0 Å². The van der Waals surface area contributed by atoms with E-state index in [2.05, 4.69) is 15.9 Å². The number of alkyl halides is 1.